The molecule has 0 amide bonds. The van der Waals surface area contributed by atoms with Crippen molar-refractivity contribution < 1.29 is 4.70 Å². The van der Waals surface area contributed by atoms with Gasteiger partial charge in [0.15, 0.2) is 0 Å². The standard InChI is InChI=1S/C33H46N2/c1-4-7-10-11-12-14-17-28-18-15-20-30(25-28)33-31(19-9-6-3)26-32(35(33)34)29-23-21-27(22-24-29)16-13-8-5-2/h15,18,20-26H,4-14,16-17,19H2,1-3H3. The molecule has 1 aliphatic rings. The lowest BCUT2D eigenvalue weighted by molar-refractivity contribution is -0.344. The summed E-state index contributed by atoms with van der Waals surface area (Å²) in [4.78, 5) is 0. The molecule has 1 aliphatic heterocycles. The molecule has 2 nitrogen and oxygen atoms in total. The maximum atomic E-state index is 11.4. The van der Waals surface area contributed by atoms with Gasteiger partial charge in [0.2, 0.25) is 11.4 Å². The number of benzene rings is 2. The van der Waals surface area contributed by atoms with E-state index >= 15 is 0 Å². The van der Waals surface area contributed by atoms with Gasteiger partial charge >= 0.3 is 0 Å². The number of nitrogens with zero attached hydrogens (tertiary/aromatic N) is 2. The van der Waals surface area contributed by atoms with Gasteiger partial charge in [0.25, 0.3) is 0 Å². The third kappa shape index (κ3) is 8.02. The number of hydrogen-bond donors (Lipinski definition) is 0. The number of rotatable bonds is 16. The third-order valence-corrected chi connectivity index (χ3v) is 7.19. The molecule has 0 spiro atoms. The molecule has 188 valence electrons. The van der Waals surface area contributed by atoms with Crippen molar-refractivity contribution in [2.75, 3.05) is 0 Å². The molecule has 0 radical (unpaired) electrons. The predicted octanol–water partition coefficient (Wildman–Crippen LogP) is 10.3. The van der Waals surface area contributed by atoms with Crippen LogP contribution in [0.5, 0.6) is 0 Å². The van der Waals surface area contributed by atoms with Crippen molar-refractivity contribution in [3.05, 3.63) is 88.0 Å². The summed E-state index contributed by atoms with van der Waals surface area (Å²) in [5.74, 6) is 0. The molecular weight excluding hydrogens is 424 g/mol. The van der Waals surface area contributed by atoms with Gasteiger partial charge in [-0.2, -0.15) is 0 Å². The Kier molecular flexibility index (Phi) is 11.5. The monoisotopic (exact) mass is 470 g/mol. The van der Waals surface area contributed by atoms with E-state index in [9.17, 15) is 5.53 Å². The smallest absolute Gasteiger partial charge is 0.210 e. The van der Waals surface area contributed by atoms with Crippen molar-refractivity contribution in [2.45, 2.75) is 111 Å². The van der Waals surface area contributed by atoms with E-state index in [0.717, 1.165) is 54.6 Å². The van der Waals surface area contributed by atoms with E-state index in [4.69, 9.17) is 0 Å². The fourth-order valence-corrected chi connectivity index (χ4v) is 5.03. The first-order chi connectivity index (χ1) is 17.2. The molecule has 0 fully saturated rings. The summed E-state index contributed by atoms with van der Waals surface area (Å²) < 4.78 is 1.45. The van der Waals surface area contributed by atoms with Crippen LogP contribution in [0.4, 0.5) is 0 Å². The van der Waals surface area contributed by atoms with Gasteiger partial charge in [0.1, 0.15) is 0 Å². The molecule has 0 atom stereocenters. The minimum absolute atomic E-state index is 0.896. The highest BCUT2D eigenvalue weighted by Crippen LogP contribution is 2.37. The van der Waals surface area contributed by atoms with E-state index in [1.54, 1.807) is 0 Å². The molecule has 0 aromatic heterocycles. The van der Waals surface area contributed by atoms with Crippen LogP contribution >= 0.6 is 0 Å². The first-order valence-corrected chi connectivity index (χ1v) is 14.3. The Labute approximate surface area is 214 Å². The van der Waals surface area contributed by atoms with Crippen LogP contribution in [0.15, 0.2) is 60.2 Å². The van der Waals surface area contributed by atoms with Crippen LogP contribution in [0.25, 0.3) is 16.9 Å². The molecule has 0 saturated carbocycles. The highest BCUT2D eigenvalue weighted by Gasteiger charge is 2.28. The Balaban J connectivity index is 1.73. The maximum absolute atomic E-state index is 11.4. The SMILES string of the molecule is CCCCCCCCc1cccc(C2=C(CCCC)C=C(c3ccc(CCCCC)cc3)[N+]2=[N-])c1. The third-order valence-electron chi connectivity index (χ3n) is 7.19. The second kappa shape index (κ2) is 14.8. The number of hydrogen-bond acceptors (Lipinski definition) is 0. The molecule has 0 N–H and O–H groups in total. The average Bonchev–Trinajstić information content (AvgIpc) is 3.21. The zero-order valence-electron chi connectivity index (χ0n) is 22.5. The van der Waals surface area contributed by atoms with Crippen LogP contribution < -0.4 is 0 Å². The van der Waals surface area contributed by atoms with Crippen molar-refractivity contribution in [3.8, 4) is 0 Å². The van der Waals surface area contributed by atoms with E-state index in [1.807, 2.05) is 0 Å². The van der Waals surface area contributed by atoms with Crippen LogP contribution in [-0.2, 0) is 12.8 Å². The molecule has 0 bridgehead atoms. The summed E-state index contributed by atoms with van der Waals surface area (Å²) in [6.07, 6.45) is 19.4. The fraction of sp³-hybridized carbons (Fsp3) is 0.515. The fourth-order valence-electron chi connectivity index (χ4n) is 5.03. The van der Waals surface area contributed by atoms with E-state index < -0.39 is 0 Å². The molecule has 35 heavy (non-hydrogen) atoms. The van der Waals surface area contributed by atoms with Gasteiger partial charge in [-0.3, -0.25) is 0 Å². The van der Waals surface area contributed by atoms with Crippen molar-refractivity contribution in [1.82, 2.24) is 0 Å². The van der Waals surface area contributed by atoms with Gasteiger partial charge in [-0.05, 0) is 73.9 Å². The van der Waals surface area contributed by atoms with Gasteiger partial charge in [-0.15, -0.1) is 0 Å². The van der Waals surface area contributed by atoms with E-state index in [0.29, 0.717) is 0 Å². The van der Waals surface area contributed by atoms with E-state index in [-0.39, 0.29) is 0 Å². The molecule has 0 aliphatic carbocycles. The first kappa shape index (κ1) is 27.1. The Morgan fingerprint density at radius 1 is 0.600 bits per heavy atom. The van der Waals surface area contributed by atoms with Crippen LogP contribution in [-0.4, -0.2) is 4.70 Å². The zero-order chi connectivity index (χ0) is 24.9. The topological polar surface area (TPSA) is 25.3 Å². The summed E-state index contributed by atoms with van der Waals surface area (Å²) >= 11 is 0. The van der Waals surface area contributed by atoms with Crippen LogP contribution in [0.1, 0.15) is 120 Å². The van der Waals surface area contributed by atoms with Crippen LogP contribution in [0.2, 0.25) is 0 Å². The minimum atomic E-state index is 0.896. The Morgan fingerprint density at radius 3 is 1.97 bits per heavy atom. The van der Waals surface area contributed by atoms with Gasteiger partial charge in [-0.25, -0.2) is 4.70 Å². The summed E-state index contributed by atoms with van der Waals surface area (Å²) in [7, 11) is 0. The Bertz CT molecular complexity index is 994. The van der Waals surface area contributed by atoms with Crippen molar-refractivity contribution in [1.29, 1.82) is 0 Å². The largest absolute Gasteiger partial charge is 0.493 e. The summed E-state index contributed by atoms with van der Waals surface area (Å²) in [6, 6.07) is 17.6. The highest BCUT2D eigenvalue weighted by molar-refractivity contribution is 5.78. The molecule has 2 aromatic carbocycles. The molecule has 2 aromatic rings. The zero-order valence-corrected chi connectivity index (χ0v) is 22.5. The van der Waals surface area contributed by atoms with Crippen molar-refractivity contribution >= 4 is 11.4 Å². The molecule has 1 heterocycles. The van der Waals surface area contributed by atoms with Crippen molar-refractivity contribution in [2.24, 2.45) is 0 Å². The molecule has 0 unspecified atom stereocenters. The quantitative estimate of drug-likeness (QED) is 0.172. The van der Waals surface area contributed by atoms with Crippen LogP contribution in [0.3, 0.4) is 0 Å². The summed E-state index contributed by atoms with van der Waals surface area (Å²) in [5.41, 5.74) is 19.4. The number of allylic oxidation sites excluding steroid dienone is 2. The number of unbranched alkanes of at least 4 members (excludes halogenated alkanes) is 8. The lowest BCUT2D eigenvalue weighted by Gasteiger charge is -2.11. The Hall–Kier alpha value is -2.48. The molecule has 0 saturated heterocycles. The highest BCUT2D eigenvalue weighted by atomic mass is 15.2. The lowest BCUT2D eigenvalue weighted by atomic mass is 9.99. The summed E-state index contributed by atoms with van der Waals surface area (Å²) in [6.45, 7) is 6.75. The Morgan fingerprint density at radius 2 is 1.23 bits per heavy atom. The van der Waals surface area contributed by atoms with Gasteiger partial charge in [0, 0.05) is 22.8 Å². The number of aryl methyl sites for hydroxylation is 2. The van der Waals surface area contributed by atoms with Gasteiger partial charge in [-0.1, -0.05) is 96.4 Å². The van der Waals surface area contributed by atoms with Crippen LogP contribution in [0, 0.1) is 0 Å². The van der Waals surface area contributed by atoms with Crippen molar-refractivity contribution in [3.63, 3.8) is 0 Å². The van der Waals surface area contributed by atoms with Gasteiger partial charge < -0.3 is 5.53 Å². The minimum Gasteiger partial charge on any atom is -0.493 e. The summed E-state index contributed by atoms with van der Waals surface area (Å²) in [5, 5.41) is 0. The second-order valence-electron chi connectivity index (χ2n) is 10.2. The van der Waals surface area contributed by atoms with Gasteiger partial charge in [0.05, 0.1) is 0 Å². The van der Waals surface area contributed by atoms with E-state index in [2.05, 4.69) is 75.4 Å². The molecule has 3 rings (SSSR count). The second-order valence-corrected chi connectivity index (χ2v) is 10.2. The predicted molar refractivity (Wildman–Crippen MR) is 151 cm³/mol. The molecular formula is C33H46N2. The average molecular weight is 471 g/mol. The van der Waals surface area contributed by atoms with E-state index in [1.165, 1.54) is 79.2 Å². The molecule has 2 heteroatoms. The maximum Gasteiger partial charge on any atom is 0.210 e. The normalized spacial score (nSPS) is 13.6. The lowest BCUT2D eigenvalue weighted by Crippen LogP contribution is -2.03. The first-order valence-electron chi connectivity index (χ1n) is 14.3.